The van der Waals surface area contributed by atoms with Gasteiger partial charge in [0.1, 0.15) is 11.3 Å². The molecule has 0 aliphatic rings. The molecule has 6 nitrogen and oxygen atoms in total. The minimum atomic E-state index is -0.766. The Balaban J connectivity index is 1.74. The number of hydrogen-bond donors (Lipinski definition) is 1. The summed E-state index contributed by atoms with van der Waals surface area (Å²) >= 11 is 5.74. The van der Waals surface area contributed by atoms with E-state index in [1.807, 2.05) is 30.3 Å². The van der Waals surface area contributed by atoms with Gasteiger partial charge in [0.25, 0.3) is 5.89 Å². The van der Waals surface area contributed by atoms with Crippen molar-refractivity contribution in [1.82, 2.24) is 10.2 Å². The van der Waals surface area contributed by atoms with Crippen molar-refractivity contribution in [3.05, 3.63) is 65.0 Å². The van der Waals surface area contributed by atoms with Crippen LogP contribution in [0.25, 0.3) is 11.5 Å². The number of rotatable bonds is 4. The number of carbonyl (C=O) groups excluding carboxylic acids is 1. The minimum absolute atomic E-state index is 0.00838. The van der Waals surface area contributed by atoms with Gasteiger partial charge in [0.15, 0.2) is 6.10 Å². The topological polar surface area (TPSA) is 85.5 Å². The Labute approximate surface area is 142 Å². The molecule has 0 bridgehead atoms. The monoisotopic (exact) mass is 344 g/mol. The zero-order valence-electron chi connectivity index (χ0n) is 12.6. The first kappa shape index (κ1) is 16.0. The van der Waals surface area contributed by atoms with Crippen molar-refractivity contribution in [2.75, 3.05) is 0 Å². The van der Waals surface area contributed by atoms with Gasteiger partial charge in [-0.2, -0.15) is 0 Å². The molecule has 0 spiro atoms. The van der Waals surface area contributed by atoms with E-state index in [1.165, 1.54) is 18.2 Å². The van der Waals surface area contributed by atoms with E-state index in [0.29, 0.717) is 10.9 Å². The van der Waals surface area contributed by atoms with Crippen LogP contribution in [0.3, 0.4) is 0 Å². The molecule has 122 valence electrons. The number of ether oxygens (including phenoxy) is 1. The minimum Gasteiger partial charge on any atom is -0.507 e. The molecular formula is C17H13ClN2O4. The molecule has 0 amide bonds. The van der Waals surface area contributed by atoms with Crippen LogP contribution < -0.4 is 0 Å². The van der Waals surface area contributed by atoms with E-state index in [4.69, 9.17) is 20.8 Å². The summed E-state index contributed by atoms with van der Waals surface area (Å²) < 4.78 is 10.8. The first-order valence-electron chi connectivity index (χ1n) is 7.13. The zero-order chi connectivity index (χ0) is 17.1. The molecule has 1 heterocycles. The molecule has 3 aromatic rings. The Morgan fingerprint density at radius 1 is 1.21 bits per heavy atom. The largest absolute Gasteiger partial charge is 0.507 e. The summed E-state index contributed by atoms with van der Waals surface area (Å²) in [6, 6.07) is 13.4. The molecule has 0 saturated carbocycles. The van der Waals surface area contributed by atoms with Gasteiger partial charge in [-0.05, 0) is 37.3 Å². The van der Waals surface area contributed by atoms with Crippen LogP contribution in [0.2, 0.25) is 5.02 Å². The fourth-order valence-corrected chi connectivity index (χ4v) is 2.21. The number of nitrogens with zero attached hydrogens (tertiary/aromatic N) is 2. The van der Waals surface area contributed by atoms with Crippen LogP contribution in [-0.2, 0) is 4.74 Å². The van der Waals surface area contributed by atoms with Crippen molar-refractivity contribution >= 4 is 17.6 Å². The average Bonchev–Trinajstić information content (AvgIpc) is 3.05. The van der Waals surface area contributed by atoms with Crippen LogP contribution in [0.5, 0.6) is 5.75 Å². The molecule has 1 aromatic heterocycles. The highest BCUT2D eigenvalue weighted by molar-refractivity contribution is 6.30. The molecule has 3 rings (SSSR count). The number of phenols is 1. The highest BCUT2D eigenvalue weighted by Crippen LogP contribution is 2.26. The van der Waals surface area contributed by atoms with Crippen LogP contribution in [0, 0.1) is 0 Å². The van der Waals surface area contributed by atoms with Crippen molar-refractivity contribution in [2.24, 2.45) is 0 Å². The molecule has 1 N–H and O–H groups in total. The lowest BCUT2D eigenvalue weighted by Crippen LogP contribution is -2.09. The number of halogens is 1. The SMILES string of the molecule is C[C@H](OC(=O)c1ccc(Cl)cc1O)c1nnc(-c2ccccc2)o1. The third kappa shape index (κ3) is 3.38. The van der Waals surface area contributed by atoms with Crippen molar-refractivity contribution in [2.45, 2.75) is 13.0 Å². The van der Waals surface area contributed by atoms with Crippen LogP contribution >= 0.6 is 11.6 Å². The summed E-state index contributed by atoms with van der Waals surface area (Å²) in [7, 11) is 0. The standard InChI is InChI=1S/C17H13ClN2O4/c1-10(23-17(22)13-8-7-12(18)9-14(13)21)15-19-20-16(24-15)11-5-3-2-4-6-11/h2-10,21H,1H3/t10-/m0/s1. The Hall–Kier alpha value is -2.86. The first-order chi connectivity index (χ1) is 11.5. The fraction of sp³-hybridized carbons (Fsp3) is 0.118. The van der Waals surface area contributed by atoms with E-state index in [0.717, 1.165) is 5.56 Å². The van der Waals surface area contributed by atoms with Gasteiger partial charge in [0, 0.05) is 10.6 Å². The Kier molecular flexibility index (Phi) is 4.48. The van der Waals surface area contributed by atoms with Gasteiger partial charge < -0.3 is 14.3 Å². The molecule has 0 radical (unpaired) electrons. The first-order valence-corrected chi connectivity index (χ1v) is 7.50. The smallest absolute Gasteiger partial charge is 0.342 e. The van der Waals surface area contributed by atoms with E-state index in [-0.39, 0.29) is 17.2 Å². The number of benzene rings is 2. The van der Waals surface area contributed by atoms with Gasteiger partial charge in [-0.1, -0.05) is 29.8 Å². The van der Waals surface area contributed by atoms with Crippen LogP contribution in [-0.4, -0.2) is 21.3 Å². The molecule has 2 aromatic carbocycles. The van der Waals surface area contributed by atoms with Crippen molar-refractivity contribution in [3.8, 4) is 17.2 Å². The maximum atomic E-state index is 12.1. The van der Waals surface area contributed by atoms with Gasteiger partial charge in [0.2, 0.25) is 5.89 Å². The number of esters is 1. The highest BCUT2D eigenvalue weighted by Gasteiger charge is 2.21. The van der Waals surface area contributed by atoms with Crippen molar-refractivity contribution in [3.63, 3.8) is 0 Å². The molecule has 1 atom stereocenters. The maximum Gasteiger partial charge on any atom is 0.342 e. The van der Waals surface area contributed by atoms with Crippen molar-refractivity contribution in [1.29, 1.82) is 0 Å². The average molecular weight is 345 g/mol. The van der Waals surface area contributed by atoms with Crippen molar-refractivity contribution < 1.29 is 19.1 Å². The van der Waals surface area contributed by atoms with Gasteiger partial charge in [-0.25, -0.2) is 4.79 Å². The zero-order valence-corrected chi connectivity index (χ0v) is 13.4. The van der Waals surface area contributed by atoms with Crippen LogP contribution in [0.15, 0.2) is 52.9 Å². The summed E-state index contributed by atoms with van der Waals surface area (Å²) in [5.41, 5.74) is 0.777. The summed E-state index contributed by atoms with van der Waals surface area (Å²) in [6.07, 6.45) is -0.766. The Bertz CT molecular complexity index is 864. The second kappa shape index (κ2) is 6.72. The lowest BCUT2D eigenvalue weighted by molar-refractivity contribution is 0.0277. The summed E-state index contributed by atoms with van der Waals surface area (Å²) in [4.78, 5) is 12.1. The van der Waals surface area contributed by atoms with E-state index in [2.05, 4.69) is 10.2 Å². The van der Waals surface area contributed by atoms with Crippen LogP contribution in [0.4, 0.5) is 0 Å². The number of carbonyl (C=O) groups is 1. The Morgan fingerprint density at radius 3 is 2.67 bits per heavy atom. The maximum absolute atomic E-state index is 12.1. The highest BCUT2D eigenvalue weighted by atomic mass is 35.5. The van der Waals surface area contributed by atoms with Gasteiger partial charge in [-0.3, -0.25) is 0 Å². The van der Waals surface area contributed by atoms with E-state index < -0.39 is 12.1 Å². The number of aromatic hydroxyl groups is 1. The number of hydrogen-bond acceptors (Lipinski definition) is 6. The molecule has 0 fully saturated rings. The molecular weight excluding hydrogens is 332 g/mol. The second-order valence-corrected chi connectivity index (χ2v) is 5.46. The predicted molar refractivity (Wildman–Crippen MR) is 86.7 cm³/mol. The third-order valence-corrected chi connectivity index (χ3v) is 3.51. The summed E-state index contributed by atoms with van der Waals surface area (Å²) in [6.45, 7) is 1.60. The molecule has 0 saturated heterocycles. The molecule has 7 heteroatoms. The number of phenolic OH excluding ortho intramolecular Hbond substituents is 1. The molecule has 0 aliphatic carbocycles. The van der Waals surface area contributed by atoms with Gasteiger partial charge >= 0.3 is 5.97 Å². The molecule has 0 aliphatic heterocycles. The summed E-state index contributed by atoms with van der Waals surface area (Å²) in [5, 5.41) is 17.9. The number of aromatic nitrogens is 2. The normalized spacial score (nSPS) is 11.9. The van der Waals surface area contributed by atoms with Gasteiger partial charge in [0.05, 0.1) is 0 Å². The van der Waals surface area contributed by atoms with E-state index in [1.54, 1.807) is 6.92 Å². The Morgan fingerprint density at radius 2 is 1.96 bits per heavy atom. The fourth-order valence-electron chi connectivity index (χ4n) is 2.05. The van der Waals surface area contributed by atoms with Gasteiger partial charge in [-0.15, -0.1) is 10.2 Å². The predicted octanol–water partition coefficient (Wildman–Crippen LogP) is 4.01. The van der Waals surface area contributed by atoms with E-state index in [9.17, 15) is 9.90 Å². The lowest BCUT2D eigenvalue weighted by atomic mass is 10.2. The molecule has 24 heavy (non-hydrogen) atoms. The van der Waals surface area contributed by atoms with Crippen LogP contribution in [0.1, 0.15) is 29.3 Å². The molecule has 0 unspecified atom stereocenters. The summed E-state index contributed by atoms with van der Waals surface area (Å²) in [5.74, 6) is -0.468. The lowest BCUT2D eigenvalue weighted by Gasteiger charge is -2.10. The van der Waals surface area contributed by atoms with E-state index >= 15 is 0 Å². The quantitative estimate of drug-likeness (QED) is 0.719. The third-order valence-electron chi connectivity index (χ3n) is 3.27. The second-order valence-electron chi connectivity index (χ2n) is 5.02.